The summed E-state index contributed by atoms with van der Waals surface area (Å²) in [5.74, 6) is -0.232. The highest BCUT2D eigenvalue weighted by molar-refractivity contribution is 7.99. The fourth-order valence-electron chi connectivity index (χ4n) is 4.46. The quantitative estimate of drug-likeness (QED) is 0.161. The average molecular weight is 651 g/mol. The highest BCUT2D eigenvalue weighted by Crippen LogP contribution is 2.43. The zero-order valence-corrected chi connectivity index (χ0v) is 25.2. The second kappa shape index (κ2) is 13.2. The first-order chi connectivity index (χ1) is 20.1. The number of thioether (sulfide) groups is 1. The molecule has 42 heavy (non-hydrogen) atoms. The van der Waals surface area contributed by atoms with Gasteiger partial charge >= 0.3 is 0 Å². The minimum atomic E-state index is -2.12. The molecule has 1 aliphatic rings. The molecule has 1 aliphatic heterocycles. The van der Waals surface area contributed by atoms with Crippen molar-refractivity contribution in [3.8, 4) is 11.4 Å². The molecule has 4 aromatic rings. The number of ether oxygens (including phenoxy) is 2. The van der Waals surface area contributed by atoms with Crippen molar-refractivity contribution in [1.82, 2.24) is 20.2 Å². The van der Waals surface area contributed by atoms with Gasteiger partial charge in [0.2, 0.25) is 5.16 Å². The molecule has 4 atom stereocenters. The second-order valence-corrected chi connectivity index (χ2v) is 12.9. The first kappa shape index (κ1) is 30.6. The minimum Gasteiger partial charge on any atom is -0.508 e. The monoisotopic (exact) mass is 649 g/mol. The van der Waals surface area contributed by atoms with Crippen LogP contribution in [-0.4, -0.2) is 52.0 Å². The van der Waals surface area contributed by atoms with Gasteiger partial charge in [-0.15, -0.1) is 5.10 Å². The molecule has 1 saturated heterocycles. The molecule has 3 aromatic carbocycles. The third-order valence-electron chi connectivity index (χ3n) is 6.71. The molecule has 0 saturated carbocycles. The van der Waals surface area contributed by atoms with Gasteiger partial charge in [0.05, 0.1) is 24.5 Å². The average Bonchev–Trinajstić information content (AvgIpc) is 3.45. The number of aromatic nitrogens is 4. The fraction of sp³-hybridized carbons (Fsp3) is 0.286. The van der Waals surface area contributed by atoms with Crippen LogP contribution in [0.2, 0.25) is 0 Å². The molecule has 1 fully saturated rings. The SMILES string of the molecule is C[C@@H]1[C@H](CSc2nnnn2-c2ccc(O)cc2)O[C@H](c2cccc(NC(=O)C(Cl)(Cl)Cl)c2)O[C@@H]1c1ccc(CO)cc1. The number of tetrazole rings is 1. The summed E-state index contributed by atoms with van der Waals surface area (Å²) in [6.07, 6.45) is -1.44. The van der Waals surface area contributed by atoms with E-state index in [9.17, 15) is 15.0 Å². The molecule has 0 aliphatic carbocycles. The summed E-state index contributed by atoms with van der Waals surface area (Å²) in [6, 6.07) is 21.1. The highest BCUT2D eigenvalue weighted by Gasteiger charge is 2.39. The smallest absolute Gasteiger partial charge is 0.276 e. The van der Waals surface area contributed by atoms with Crippen LogP contribution in [0.25, 0.3) is 5.69 Å². The van der Waals surface area contributed by atoms with Crippen molar-refractivity contribution >= 4 is 58.2 Å². The number of alkyl halides is 3. The molecule has 0 unspecified atom stereocenters. The van der Waals surface area contributed by atoms with E-state index in [1.54, 1.807) is 47.1 Å². The number of anilines is 1. The maximum atomic E-state index is 12.2. The lowest BCUT2D eigenvalue weighted by molar-refractivity contribution is -0.268. The summed E-state index contributed by atoms with van der Waals surface area (Å²) in [7, 11) is 0. The van der Waals surface area contributed by atoms with Gasteiger partial charge < -0.3 is 25.0 Å². The summed E-state index contributed by atoms with van der Waals surface area (Å²) < 4.78 is 12.4. The van der Waals surface area contributed by atoms with E-state index in [1.165, 1.54) is 11.8 Å². The first-order valence-electron chi connectivity index (χ1n) is 12.8. The summed E-state index contributed by atoms with van der Waals surface area (Å²) in [5, 5.41) is 34.4. The first-order valence-corrected chi connectivity index (χ1v) is 14.9. The Morgan fingerprint density at radius 3 is 2.48 bits per heavy atom. The van der Waals surface area contributed by atoms with Crippen LogP contribution in [0.3, 0.4) is 0 Å². The number of nitrogens with one attached hydrogen (secondary N) is 1. The molecular weight excluding hydrogens is 625 g/mol. The lowest BCUT2D eigenvalue weighted by atomic mass is 9.91. The van der Waals surface area contributed by atoms with Crippen LogP contribution in [0, 0.1) is 5.92 Å². The van der Waals surface area contributed by atoms with E-state index in [2.05, 4.69) is 20.8 Å². The Hall–Kier alpha value is -2.90. The number of phenolic OH excluding ortho intramolecular Hbond substituents is 1. The van der Waals surface area contributed by atoms with Crippen LogP contribution in [-0.2, 0) is 20.9 Å². The number of carbonyl (C=O) groups excluding carboxylic acids is 1. The van der Waals surface area contributed by atoms with Crippen LogP contribution in [0.4, 0.5) is 5.69 Å². The van der Waals surface area contributed by atoms with Crippen molar-refractivity contribution in [3.63, 3.8) is 0 Å². The van der Waals surface area contributed by atoms with Crippen molar-refractivity contribution in [2.45, 2.75) is 41.0 Å². The van der Waals surface area contributed by atoms with Gasteiger partial charge in [-0.3, -0.25) is 4.79 Å². The van der Waals surface area contributed by atoms with Gasteiger partial charge in [-0.1, -0.05) is 89.9 Å². The maximum absolute atomic E-state index is 12.2. The topological polar surface area (TPSA) is 132 Å². The van der Waals surface area contributed by atoms with Gasteiger partial charge in [0.1, 0.15) is 5.75 Å². The highest BCUT2D eigenvalue weighted by atomic mass is 35.6. The summed E-state index contributed by atoms with van der Waals surface area (Å²) >= 11 is 18.6. The van der Waals surface area contributed by atoms with E-state index in [0.29, 0.717) is 27.8 Å². The molecule has 0 spiro atoms. The molecule has 10 nitrogen and oxygen atoms in total. The number of rotatable bonds is 8. The summed E-state index contributed by atoms with van der Waals surface area (Å²) in [6.45, 7) is 1.99. The van der Waals surface area contributed by atoms with Crippen LogP contribution < -0.4 is 5.32 Å². The molecule has 2 heterocycles. The van der Waals surface area contributed by atoms with E-state index in [4.69, 9.17) is 44.3 Å². The van der Waals surface area contributed by atoms with Gasteiger partial charge in [0.25, 0.3) is 9.70 Å². The van der Waals surface area contributed by atoms with Crippen molar-refractivity contribution in [2.24, 2.45) is 5.92 Å². The minimum absolute atomic E-state index is 0.0607. The molecule has 0 bridgehead atoms. The number of nitrogens with zero attached hydrogens (tertiary/aromatic N) is 4. The molecular formula is C28H26Cl3N5O5S. The lowest BCUT2D eigenvalue weighted by Gasteiger charge is -2.41. The van der Waals surface area contributed by atoms with Gasteiger partial charge in [-0.2, -0.15) is 4.68 Å². The number of amides is 1. The van der Waals surface area contributed by atoms with Crippen molar-refractivity contribution < 1.29 is 24.5 Å². The number of hydrogen-bond donors (Lipinski definition) is 3. The molecule has 14 heteroatoms. The van der Waals surface area contributed by atoms with Gasteiger partial charge in [-0.25, -0.2) is 0 Å². The Morgan fingerprint density at radius 1 is 1.05 bits per heavy atom. The van der Waals surface area contributed by atoms with Crippen LogP contribution >= 0.6 is 46.6 Å². The predicted octanol–water partition coefficient (Wildman–Crippen LogP) is 5.75. The zero-order chi connectivity index (χ0) is 29.9. The van der Waals surface area contributed by atoms with E-state index in [1.807, 2.05) is 37.3 Å². The number of aliphatic hydroxyl groups excluding tert-OH is 1. The summed E-state index contributed by atoms with van der Waals surface area (Å²) in [5.41, 5.74) is 3.50. The third-order valence-corrected chi connectivity index (χ3v) is 8.23. The third kappa shape index (κ3) is 7.17. The molecule has 1 aromatic heterocycles. The van der Waals surface area contributed by atoms with Gasteiger partial charge in [0, 0.05) is 22.9 Å². The molecule has 220 valence electrons. The summed E-state index contributed by atoms with van der Waals surface area (Å²) in [4.78, 5) is 12.2. The van der Waals surface area contributed by atoms with Crippen LogP contribution in [0.1, 0.15) is 36.0 Å². The van der Waals surface area contributed by atoms with Crippen LogP contribution in [0.15, 0.2) is 78.0 Å². The van der Waals surface area contributed by atoms with E-state index < -0.39 is 16.0 Å². The lowest BCUT2D eigenvalue weighted by Crippen LogP contribution is -2.38. The Morgan fingerprint density at radius 2 is 1.79 bits per heavy atom. The van der Waals surface area contributed by atoms with Gasteiger partial charge in [-0.05, 0) is 58.0 Å². The van der Waals surface area contributed by atoms with E-state index in [-0.39, 0.29) is 30.5 Å². The van der Waals surface area contributed by atoms with Crippen LogP contribution in [0.5, 0.6) is 5.75 Å². The number of hydrogen-bond acceptors (Lipinski definition) is 9. The molecule has 3 N–H and O–H groups in total. The zero-order valence-electron chi connectivity index (χ0n) is 22.1. The normalized spacial score (nSPS) is 20.8. The van der Waals surface area contributed by atoms with Crippen molar-refractivity contribution in [3.05, 3.63) is 89.5 Å². The number of phenols is 1. The number of aromatic hydroxyl groups is 1. The Balaban J connectivity index is 1.40. The standard InChI is InChI=1S/C28H26Cl3N5O5S/c1-16-23(15-42-27-33-34-35-36(27)21-9-11-22(38)12-10-21)40-25(41-24(16)18-7-5-17(14-37)6-8-18)19-3-2-4-20(13-19)32-26(39)28(29,30)31/h2-13,16,23-25,37-38H,14-15H2,1H3,(H,32,39)/t16-,23+,24+,25+/m1/s1. The number of carbonyl (C=O) groups is 1. The predicted molar refractivity (Wildman–Crippen MR) is 160 cm³/mol. The number of aliphatic hydroxyl groups is 1. The van der Waals surface area contributed by atoms with Crippen molar-refractivity contribution in [2.75, 3.05) is 11.1 Å². The Labute approximate surface area is 260 Å². The number of halogens is 3. The second-order valence-electron chi connectivity index (χ2n) is 9.60. The molecule has 0 radical (unpaired) electrons. The fourth-order valence-corrected chi connectivity index (χ4v) is 5.65. The maximum Gasteiger partial charge on any atom is 0.276 e. The molecule has 5 rings (SSSR count). The van der Waals surface area contributed by atoms with Gasteiger partial charge in [0.15, 0.2) is 6.29 Å². The van der Waals surface area contributed by atoms with E-state index >= 15 is 0 Å². The Bertz CT molecular complexity index is 1520. The Kier molecular flexibility index (Phi) is 9.58. The molecule has 1 amide bonds. The number of benzene rings is 3. The largest absolute Gasteiger partial charge is 0.508 e. The van der Waals surface area contributed by atoms with Crippen molar-refractivity contribution in [1.29, 1.82) is 0 Å². The van der Waals surface area contributed by atoms with E-state index in [0.717, 1.165) is 11.1 Å².